The van der Waals surface area contributed by atoms with Gasteiger partial charge in [-0.15, -0.1) is 11.8 Å². The van der Waals surface area contributed by atoms with Crippen LogP contribution in [0.25, 0.3) is 10.8 Å². The van der Waals surface area contributed by atoms with Gasteiger partial charge in [-0.05, 0) is 22.9 Å². The molecule has 2 atom stereocenters. The normalized spacial score (nSPS) is 21.8. The van der Waals surface area contributed by atoms with Gasteiger partial charge in [0.15, 0.2) is 16.1 Å². The summed E-state index contributed by atoms with van der Waals surface area (Å²) in [4.78, 5) is 22.5. The third-order valence-electron chi connectivity index (χ3n) is 3.60. The highest BCUT2D eigenvalue weighted by atomic mass is 32.3. The molecule has 2 aromatic carbocycles. The van der Waals surface area contributed by atoms with Crippen molar-refractivity contribution in [1.82, 2.24) is 5.32 Å². The minimum atomic E-state index is -3.71. The summed E-state index contributed by atoms with van der Waals surface area (Å²) < 4.78 is 24.6. The average Bonchev–Trinajstić information content (AvgIpc) is 3.04. The molecule has 2 aromatic rings. The number of ketones is 1. The maximum atomic E-state index is 12.8. The molecule has 0 bridgehead atoms. The van der Waals surface area contributed by atoms with Gasteiger partial charge in [-0.25, -0.2) is 8.42 Å². The number of Topliss-reactive ketones (excluding diaryl/α,β-unsaturated/α-hetero) is 1. The van der Waals surface area contributed by atoms with Crippen LogP contribution in [-0.2, 0) is 19.4 Å². The predicted octanol–water partition coefficient (Wildman–Crippen LogP) is 1.37. The van der Waals surface area contributed by atoms with Crippen LogP contribution in [0.15, 0.2) is 47.4 Å². The largest absolute Gasteiger partial charge is 0.296 e. The number of benzene rings is 2. The van der Waals surface area contributed by atoms with Crippen LogP contribution in [0.1, 0.15) is 0 Å². The Morgan fingerprint density at radius 2 is 1.91 bits per heavy atom. The van der Waals surface area contributed by atoms with Crippen molar-refractivity contribution in [2.75, 3.05) is 5.88 Å². The fraction of sp³-hybridized carbons (Fsp3) is 0.200. The van der Waals surface area contributed by atoms with Gasteiger partial charge in [-0.2, -0.15) is 0 Å². The molecule has 3 rings (SSSR count). The zero-order valence-corrected chi connectivity index (χ0v) is 13.1. The Bertz CT molecular complexity index is 847. The molecule has 0 aromatic heterocycles. The number of carbonyl (C=O) groups is 2. The molecule has 1 fully saturated rings. The third-order valence-corrected chi connectivity index (χ3v) is 7.50. The van der Waals surface area contributed by atoms with Crippen molar-refractivity contribution in [2.24, 2.45) is 0 Å². The van der Waals surface area contributed by atoms with Crippen LogP contribution in [0.2, 0.25) is 0 Å². The number of hydrogen-bond acceptors (Lipinski definition) is 6. The summed E-state index contributed by atoms with van der Waals surface area (Å²) in [5.41, 5.74) is 0. The first-order valence-corrected chi connectivity index (χ1v) is 9.20. The van der Waals surface area contributed by atoms with Crippen molar-refractivity contribution in [3.8, 4) is 0 Å². The molecule has 0 saturated carbocycles. The summed E-state index contributed by atoms with van der Waals surface area (Å²) in [5.74, 6) is -0.416. The fourth-order valence-corrected chi connectivity index (χ4v) is 5.99. The maximum Gasteiger partial charge on any atom is 0.214 e. The first-order chi connectivity index (χ1) is 10.5. The first-order valence-electron chi connectivity index (χ1n) is 6.61. The van der Waals surface area contributed by atoms with Gasteiger partial charge in [0.25, 0.3) is 0 Å². The second-order valence-corrected chi connectivity index (χ2v) is 8.43. The molecule has 114 valence electrons. The number of hydrogen-bond donors (Lipinski definition) is 1. The number of thioether (sulfide) groups is 1. The van der Waals surface area contributed by atoms with E-state index in [-0.39, 0.29) is 11.2 Å². The molecule has 1 N–H and O–H groups in total. The molecule has 0 spiro atoms. The van der Waals surface area contributed by atoms with Gasteiger partial charge >= 0.3 is 0 Å². The lowest BCUT2D eigenvalue weighted by Gasteiger charge is -2.16. The van der Waals surface area contributed by atoms with E-state index in [4.69, 9.17) is 0 Å². The highest BCUT2D eigenvalue weighted by molar-refractivity contribution is 8.13. The topological polar surface area (TPSA) is 80.3 Å². The van der Waals surface area contributed by atoms with Crippen molar-refractivity contribution < 1.29 is 18.0 Å². The number of aldehydes is 1. The lowest BCUT2D eigenvalue weighted by molar-refractivity contribution is -0.130. The number of rotatable bonds is 4. The molecule has 1 aliphatic heterocycles. The van der Waals surface area contributed by atoms with E-state index in [0.717, 1.165) is 22.5 Å². The van der Waals surface area contributed by atoms with E-state index in [1.807, 2.05) is 24.3 Å². The second-order valence-electron chi connectivity index (χ2n) is 4.94. The van der Waals surface area contributed by atoms with Gasteiger partial charge in [0, 0.05) is 5.88 Å². The summed E-state index contributed by atoms with van der Waals surface area (Å²) in [7, 11) is -3.71. The molecule has 0 radical (unpaired) electrons. The number of sulfone groups is 1. The van der Waals surface area contributed by atoms with E-state index in [0.29, 0.717) is 5.88 Å². The van der Waals surface area contributed by atoms with E-state index >= 15 is 0 Å². The standard InChI is InChI=1S/C15H13NO4S2/c17-8-13(18)14-15(21-9-16-14)22(19,20)12-6-5-10-3-1-2-4-11(10)7-12/h1-8,14-16H,9H2. The van der Waals surface area contributed by atoms with Gasteiger partial charge in [0.2, 0.25) is 5.78 Å². The van der Waals surface area contributed by atoms with Crippen molar-refractivity contribution in [3.05, 3.63) is 42.5 Å². The lowest BCUT2D eigenvalue weighted by atomic mass is 10.1. The molecular formula is C15H13NO4S2. The van der Waals surface area contributed by atoms with Gasteiger partial charge in [-0.3, -0.25) is 14.9 Å². The Balaban J connectivity index is 2.04. The summed E-state index contributed by atoms with van der Waals surface area (Å²) in [6.07, 6.45) is 0.173. The molecule has 1 aliphatic rings. The highest BCUT2D eigenvalue weighted by Gasteiger charge is 2.42. The Morgan fingerprint density at radius 3 is 2.64 bits per heavy atom. The van der Waals surface area contributed by atoms with E-state index in [2.05, 4.69) is 5.32 Å². The highest BCUT2D eigenvalue weighted by Crippen LogP contribution is 2.32. The summed E-state index contributed by atoms with van der Waals surface area (Å²) >= 11 is 1.12. The lowest BCUT2D eigenvalue weighted by Crippen LogP contribution is -2.42. The maximum absolute atomic E-state index is 12.8. The van der Waals surface area contributed by atoms with Gasteiger partial charge < -0.3 is 0 Å². The number of fused-ring (bicyclic) bond motifs is 1. The molecule has 7 heteroatoms. The Morgan fingerprint density at radius 1 is 1.18 bits per heavy atom. The van der Waals surface area contributed by atoms with Crippen LogP contribution < -0.4 is 5.32 Å². The van der Waals surface area contributed by atoms with Crippen LogP contribution >= 0.6 is 11.8 Å². The quantitative estimate of drug-likeness (QED) is 0.671. The van der Waals surface area contributed by atoms with E-state index < -0.39 is 26.2 Å². The van der Waals surface area contributed by atoms with Crippen molar-refractivity contribution in [1.29, 1.82) is 0 Å². The van der Waals surface area contributed by atoms with Crippen LogP contribution in [0, 0.1) is 0 Å². The van der Waals surface area contributed by atoms with Gasteiger partial charge in [0.1, 0.15) is 10.6 Å². The van der Waals surface area contributed by atoms with Crippen LogP contribution in [0.3, 0.4) is 0 Å². The zero-order valence-electron chi connectivity index (χ0n) is 11.4. The molecule has 0 amide bonds. The zero-order chi connectivity index (χ0) is 15.7. The van der Waals surface area contributed by atoms with Crippen LogP contribution in [0.4, 0.5) is 0 Å². The van der Waals surface area contributed by atoms with Gasteiger partial charge in [-0.1, -0.05) is 30.3 Å². The number of nitrogens with one attached hydrogen (secondary N) is 1. The van der Waals surface area contributed by atoms with E-state index in [1.54, 1.807) is 18.2 Å². The summed E-state index contributed by atoms with van der Waals surface area (Å²) in [6, 6.07) is 11.4. The van der Waals surface area contributed by atoms with Gasteiger partial charge in [0.05, 0.1) is 4.90 Å². The van der Waals surface area contributed by atoms with Crippen LogP contribution in [0.5, 0.6) is 0 Å². The monoisotopic (exact) mass is 335 g/mol. The van der Waals surface area contributed by atoms with Crippen LogP contribution in [-0.4, -0.2) is 37.0 Å². The van der Waals surface area contributed by atoms with Crippen molar-refractivity contribution in [3.63, 3.8) is 0 Å². The van der Waals surface area contributed by atoms with Crippen molar-refractivity contribution >= 4 is 44.4 Å². The average molecular weight is 335 g/mol. The second kappa shape index (κ2) is 5.83. The fourth-order valence-electron chi connectivity index (χ4n) is 2.47. The molecule has 1 saturated heterocycles. The molecule has 2 unspecified atom stereocenters. The predicted molar refractivity (Wildman–Crippen MR) is 85.4 cm³/mol. The summed E-state index contributed by atoms with van der Waals surface area (Å²) in [6.45, 7) is 0. The number of carbonyl (C=O) groups excluding carboxylic acids is 2. The Labute approximate surface area is 132 Å². The minimum absolute atomic E-state index is 0.163. The smallest absolute Gasteiger partial charge is 0.214 e. The molecule has 5 nitrogen and oxygen atoms in total. The molecule has 22 heavy (non-hydrogen) atoms. The molecular weight excluding hydrogens is 322 g/mol. The van der Waals surface area contributed by atoms with E-state index in [1.165, 1.54) is 0 Å². The Hall–Kier alpha value is -1.70. The third kappa shape index (κ3) is 2.55. The van der Waals surface area contributed by atoms with E-state index in [9.17, 15) is 18.0 Å². The Kier molecular flexibility index (Phi) is 4.03. The molecule has 0 aliphatic carbocycles. The first kappa shape index (κ1) is 15.2. The minimum Gasteiger partial charge on any atom is -0.296 e. The van der Waals surface area contributed by atoms with Crippen molar-refractivity contribution in [2.45, 2.75) is 15.5 Å². The summed E-state index contributed by atoms with van der Waals surface area (Å²) in [5, 5.41) is 4.53. The SMILES string of the molecule is O=CC(=O)C1NCSC1S(=O)(=O)c1ccc2ccccc2c1. The molecule has 1 heterocycles.